The van der Waals surface area contributed by atoms with Gasteiger partial charge in [-0.05, 0) is 0 Å². The molecule has 0 bridgehead atoms. The van der Waals surface area contributed by atoms with Crippen LogP contribution in [0.4, 0.5) is 11.8 Å². The fourth-order valence-electron chi connectivity index (χ4n) is 1.96. The second kappa shape index (κ2) is 5.93. The van der Waals surface area contributed by atoms with E-state index < -0.39 is 0 Å². The predicted octanol–water partition coefficient (Wildman–Crippen LogP) is 0.553. The average Bonchev–Trinajstić information content (AvgIpc) is 2.33. The number of nitrogens with zero attached hydrogens (tertiary/aromatic N) is 3. The first-order chi connectivity index (χ1) is 9.40. The molecule has 1 aromatic heterocycles. The molecule has 0 spiro atoms. The molecule has 6 nitrogen and oxygen atoms in total. The molecule has 0 unspecified atom stereocenters. The van der Waals surface area contributed by atoms with Gasteiger partial charge in [0.15, 0.2) is 0 Å². The summed E-state index contributed by atoms with van der Waals surface area (Å²) in [6, 6.07) is 2.52. The van der Waals surface area contributed by atoms with E-state index in [-0.39, 0.29) is 5.41 Å². The van der Waals surface area contributed by atoms with Crippen LogP contribution in [0.3, 0.4) is 0 Å². The summed E-state index contributed by atoms with van der Waals surface area (Å²) in [5, 5.41) is 6.71. The van der Waals surface area contributed by atoms with E-state index in [1.54, 1.807) is 0 Å². The maximum atomic E-state index is 5.62. The van der Waals surface area contributed by atoms with E-state index >= 15 is 0 Å². The second-order valence-electron chi connectivity index (χ2n) is 6.40. The molecule has 20 heavy (non-hydrogen) atoms. The van der Waals surface area contributed by atoms with Gasteiger partial charge < -0.3 is 21.3 Å². The molecule has 6 heteroatoms. The van der Waals surface area contributed by atoms with Gasteiger partial charge in [-0.3, -0.25) is 0 Å². The van der Waals surface area contributed by atoms with Gasteiger partial charge in [0.05, 0.1) is 11.7 Å². The number of nitrogens with two attached hydrogens (primary N) is 1. The fourth-order valence-corrected chi connectivity index (χ4v) is 1.96. The third-order valence-electron chi connectivity index (χ3n) is 3.42. The second-order valence-corrected chi connectivity index (χ2v) is 6.40. The van der Waals surface area contributed by atoms with Gasteiger partial charge in [0.2, 0.25) is 5.95 Å². The Morgan fingerprint density at radius 3 is 2.60 bits per heavy atom. The largest absolute Gasteiger partial charge is 0.365 e. The summed E-state index contributed by atoms with van der Waals surface area (Å²) in [4.78, 5) is 11.3. The van der Waals surface area contributed by atoms with Crippen molar-refractivity contribution >= 4 is 11.8 Å². The van der Waals surface area contributed by atoms with E-state index in [9.17, 15) is 0 Å². The lowest BCUT2D eigenvalue weighted by Crippen LogP contribution is -2.51. The molecule has 0 saturated carbocycles. The molecule has 0 atom stereocenters. The Hall–Kier alpha value is -1.40. The molecule has 112 valence electrons. The summed E-state index contributed by atoms with van der Waals surface area (Å²) in [7, 11) is 1.98. The molecule has 1 saturated heterocycles. The number of hydrogen-bond donors (Lipinski definition) is 3. The van der Waals surface area contributed by atoms with Crippen LogP contribution in [0.1, 0.15) is 26.5 Å². The molecule has 0 aromatic carbocycles. The Morgan fingerprint density at radius 1 is 1.40 bits per heavy atom. The van der Waals surface area contributed by atoms with E-state index in [0.29, 0.717) is 12.6 Å². The summed E-state index contributed by atoms with van der Waals surface area (Å²) in [5.41, 5.74) is 6.66. The molecule has 1 aromatic rings. The van der Waals surface area contributed by atoms with E-state index in [1.807, 2.05) is 11.9 Å². The van der Waals surface area contributed by atoms with Crippen LogP contribution in [-0.2, 0) is 5.41 Å². The third-order valence-corrected chi connectivity index (χ3v) is 3.42. The molecule has 0 aliphatic carbocycles. The van der Waals surface area contributed by atoms with E-state index in [2.05, 4.69) is 47.4 Å². The lowest BCUT2D eigenvalue weighted by atomic mass is 9.92. The first kappa shape index (κ1) is 15.0. The van der Waals surface area contributed by atoms with Gasteiger partial charge in [-0.1, -0.05) is 20.8 Å². The Morgan fingerprint density at radius 2 is 2.10 bits per heavy atom. The SMILES string of the molecule is CN(CCN)c1nc(NC2CNC2)cc(C(C)(C)C)n1. The fraction of sp³-hybridized carbons (Fsp3) is 0.714. The quantitative estimate of drug-likeness (QED) is 0.730. The first-order valence-corrected chi connectivity index (χ1v) is 7.18. The number of rotatable bonds is 5. The van der Waals surface area contributed by atoms with Gasteiger partial charge in [0, 0.05) is 44.7 Å². The Labute approximate surface area is 121 Å². The zero-order valence-corrected chi connectivity index (χ0v) is 12.9. The maximum absolute atomic E-state index is 5.62. The van der Waals surface area contributed by atoms with E-state index in [4.69, 9.17) is 5.73 Å². The molecule has 0 radical (unpaired) electrons. The highest BCUT2D eigenvalue weighted by molar-refractivity contribution is 5.46. The first-order valence-electron chi connectivity index (χ1n) is 7.18. The Bertz CT molecular complexity index is 449. The molecule has 1 aliphatic heterocycles. The van der Waals surface area contributed by atoms with Crippen molar-refractivity contribution in [1.82, 2.24) is 15.3 Å². The summed E-state index contributed by atoms with van der Waals surface area (Å²) < 4.78 is 0. The minimum Gasteiger partial charge on any atom is -0.365 e. The summed E-state index contributed by atoms with van der Waals surface area (Å²) in [5.74, 6) is 1.63. The van der Waals surface area contributed by atoms with Gasteiger partial charge in [-0.2, -0.15) is 4.98 Å². The molecule has 0 amide bonds. The predicted molar refractivity (Wildman–Crippen MR) is 83.3 cm³/mol. The topological polar surface area (TPSA) is 79.1 Å². The standard InChI is InChI=1S/C14H26N6/c1-14(2,3)11-7-12(17-10-8-16-9-10)19-13(18-11)20(4)6-5-15/h7,10,16H,5-6,8-9,15H2,1-4H3,(H,17,18,19). The van der Waals surface area contributed by atoms with Crippen LogP contribution in [0, 0.1) is 0 Å². The van der Waals surface area contributed by atoms with Crippen molar-refractivity contribution in [2.45, 2.75) is 32.2 Å². The lowest BCUT2D eigenvalue weighted by Gasteiger charge is -2.30. The molecular formula is C14H26N6. The van der Waals surface area contributed by atoms with Crippen molar-refractivity contribution in [2.24, 2.45) is 5.73 Å². The Kier molecular flexibility index (Phi) is 4.45. The van der Waals surface area contributed by atoms with Gasteiger partial charge in [0.25, 0.3) is 0 Å². The average molecular weight is 278 g/mol. The maximum Gasteiger partial charge on any atom is 0.227 e. The molecule has 2 heterocycles. The number of hydrogen-bond acceptors (Lipinski definition) is 6. The number of aromatic nitrogens is 2. The van der Waals surface area contributed by atoms with Gasteiger partial charge in [-0.25, -0.2) is 4.98 Å². The van der Waals surface area contributed by atoms with Crippen molar-refractivity contribution in [2.75, 3.05) is 43.4 Å². The lowest BCUT2D eigenvalue weighted by molar-refractivity contribution is 0.470. The van der Waals surface area contributed by atoms with Gasteiger partial charge in [0.1, 0.15) is 5.82 Å². The van der Waals surface area contributed by atoms with Crippen molar-refractivity contribution in [3.8, 4) is 0 Å². The van der Waals surface area contributed by atoms with E-state index in [0.717, 1.165) is 37.1 Å². The minimum absolute atomic E-state index is 0.00443. The summed E-state index contributed by atoms with van der Waals surface area (Å²) in [6.45, 7) is 9.81. The number of anilines is 2. The normalized spacial score (nSPS) is 15.8. The zero-order chi connectivity index (χ0) is 14.8. The monoisotopic (exact) mass is 278 g/mol. The highest BCUT2D eigenvalue weighted by Crippen LogP contribution is 2.24. The minimum atomic E-state index is -0.00443. The molecule has 1 fully saturated rings. The molecule has 4 N–H and O–H groups in total. The Balaban J connectivity index is 2.27. The molecular weight excluding hydrogens is 252 g/mol. The van der Waals surface area contributed by atoms with Crippen molar-refractivity contribution < 1.29 is 0 Å². The number of likely N-dealkylation sites (N-methyl/N-ethyl adjacent to an activating group) is 1. The van der Waals surface area contributed by atoms with Gasteiger partial charge in [-0.15, -0.1) is 0 Å². The highest BCUT2D eigenvalue weighted by atomic mass is 15.3. The smallest absolute Gasteiger partial charge is 0.227 e. The molecule has 2 rings (SSSR count). The van der Waals surface area contributed by atoms with Crippen LogP contribution >= 0.6 is 0 Å². The van der Waals surface area contributed by atoms with Crippen LogP contribution in [0.15, 0.2) is 6.07 Å². The van der Waals surface area contributed by atoms with Crippen molar-refractivity contribution in [1.29, 1.82) is 0 Å². The van der Waals surface area contributed by atoms with Crippen LogP contribution in [0.25, 0.3) is 0 Å². The van der Waals surface area contributed by atoms with Crippen LogP contribution in [0.2, 0.25) is 0 Å². The van der Waals surface area contributed by atoms with E-state index in [1.165, 1.54) is 0 Å². The molecule has 1 aliphatic rings. The highest BCUT2D eigenvalue weighted by Gasteiger charge is 2.22. The third kappa shape index (κ3) is 3.58. The van der Waals surface area contributed by atoms with Gasteiger partial charge >= 0.3 is 0 Å². The van der Waals surface area contributed by atoms with Crippen molar-refractivity contribution in [3.05, 3.63) is 11.8 Å². The number of nitrogens with one attached hydrogen (secondary N) is 2. The van der Waals surface area contributed by atoms with Crippen LogP contribution in [0.5, 0.6) is 0 Å². The summed E-state index contributed by atoms with van der Waals surface area (Å²) >= 11 is 0. The zero-order valence-electron chi connectivity index (χ0n) is 12.9. The van der Waals surface area contributed by atoms with Crippen molar-refractivity contribution in [3.63, 3.8) is 0 Å². The van der Waals surface area contributed by atoms with Crippen LogP contribution in [-0.4, -0.2) is 49.2 Å². The summed E-state index contributed by atoms with van der Waals surface area (Å²) in [6.07, 6.45) is 0. The van der Waals surface area contributed by atoms with Crippen LogP contribution < -0.4 is 21.3 Å².